The second-order valence-corrected chi connectivity index (χ2v) is 7.13. The number of rotatable bonds is 6. The molecule has 0 saturated heterocycles. The van der Waals surface area contributed by atoms with Crippen LogP contribution in [-0.2, 0) is 4.57 Å². The SMILES string of the molecule is O=P(Oc1ccccc1)(Oc1ccccc1)Oc1cccc(Cl)c1Cl. The lowest BCUT2D eigenvalue weighted by Crippen LogP contribution is -2.07. The van der Waals surface area contributed by atoms with E-state index in [0.29, 0.717) is 11.5 Å². The van der Waals surface area contributed by atoms with E-state index in [2.05, 4.69) is 0 Å². The van der Waals surface area contributed by atoms with Gasteiger partial charge in [0.25, 0.3) is 0 Å². The molecule has 3 aromatic rings. The Labute approximate surface area is 155 Å². The third-order valence-electron chi connectivity index (χ3n) is 3.05. The summed E-state index contributed by atoms with van der Waals surface area (Å²) in [6, 6.07) is 21.9. The van der Waals surface area contributed by atoms with Crippen LogP contribution in [0.15, 0.2) is 78.9 Å². The Morgan fingerprint density at radius 1 is 0.640 bits per heavy atom. The Balaban J connectivity index is 1.93. The van der Waals surface area contributed by atoms with E-state index in [-0.39, 0.29) is 15.8 Å². The number of hydrogen-bond donors (Lipinski definition) is 0. The second kappa shape index (κ2) is 7.83. The first-order valence-corrected chi connectivity index (χ1v) is 9.50. The van der Waals surface area contributed by atoms with E-state index < -0.39 is 7.82 Å². The highest BCUT2D eigenvalue weighted by atomic mass is 35.5. The van der Waals surface area contributed by atoms with Crippen molar-refractivity contribution in [3.8, 4) is 17.2 Å². The lowest BCUT2D eigenvalue weighted by Gasteiger charge is -2.20. The third-order valence-corrected chi connectivity index (χ3v) is 5.14. The molecule has 0 radical (unpaired) electrons. The summed E-state index contributed by atoms with van der Waals surface area (Å²) in [6.45, 7) is 0. The molecule has 0 spiro atoms. The predicted molar refractivity (Wildman–Crippen MR) is 98.8 cm³/mol. The van der Waals surface area contributed by atoms with E-state index >= 15 is 0 Å². The topological polar surface area (TPSA) is 44.8 Å². The van der Waals surface area contributed by atoms with E-state index in [9.17, 15) is 4.57 Å². The van der Waals surface area contributed by atoms with Crippen LogP contribution in [0, 0.1) is 0 Å². The standard InChI is InChI=1S/C18H13Cl2O4P/c19-16-12-7-13-17(18(16)20)24-25(21,22-14-8-3-1-4-9-14)23-15-10-5-2-6-11-15/h1-13H. The van der Waals surface area contributed by atoms with Crippen molar-refractivity contribution in [3.05, 3.63) is 88.9 Å². The fourth-order valence-corrected chi connectivity index (χ4v) is 3.60. The molecular weight excluding hydrogens is 382 g/mol. The van der Waals surface area contributed by atoms with E-state index in [1.54, 1.807) is 60.7 Å². The molecule has 25 heavy (non-hydrogen) atoms. The van der Waals surface area contributed by atoms with Gasteiger partial charge in [-0.2, -0.15) is 4.57 Å². The maximum absolute atomic E-state index is 13.2. The molecule has 0 fully saturated rings. The zero-order chi connectivity index (χ0) is 17.7. The quantitative estimate of drug-likeness (QED) is 0.439. The zero-order valence-corrected chi connectivity index (χ0v) is 15.2. The molecule has 128 valence electrons. The first-order valence-electron chi connectivity index (χ1n) is 7.29. The molecule has 3 aromatic carbocycles. The number of phosphoric acid groups is 1. The van der Waals surface area contributed by atoms with Gasteiger partial charge in [0.2, 0.25) is 0 Å². The van der Waals surface area contributed by atoms with Crippen molar-refractivity contribution >= 4 is 31.0 Å². The Morgan fingerprint density at radius 3 is 1.68 bits per heavy atom. The van der Waals surface area contributed by atoms with Gasteiger partial charge in [-0.05, 0) is 36.4 Å². The number of benzene rings is 3. The van der Waals surface area contributed by atoms with Gasteiger partial charge in [-0.15, -0.1) is 0 Å². The van der Waals surface area contributed by atoms with Gasteiger partial charge in [0.05, 0.1) is 5.02 Å². The lowest BCUT2D eigenvalue weighted by molar-refractivity contribution is 0.298. The van der Waals surface area contributed by atoms with Crippen LogP contribution in [0.2, 0.25) is 10.0 Å². The summed E-state index contributed by atoms with van der Waals surface area (Å²) in [4.78, 5) is 0. The molecule has 0 saturated carbocycles. The van der Waals surface area contributed by atoms with Crippen LogP contribution in [0.25, 0.3) is 0 Å². The largest absolute Gasteiger partial charge is 0.647 e. The second-order valence-electron chi connectivity index (χ2n) is 4.90. The monoisotopic (exact) mass is 394 g/mol. The van der Waals surface area contributed by atoms with Crippen molar-refractivity contribution in [2.45, 2.75) is 0 Å². The van der Waals surface area contributed by atoms with Gasteiger partial charge in [0, 0.05) is 0 Å². The van der Waals surface area contributed by atoms with Crippen LogP contribution in [0.4, 0.5) is 0 Å². The van der Waals surface area contributed by atoms with E-state index in [1.165, 1.54) is 6.07 Å². The number of para-hydroxylation sites is 2. The predicted octanol–water partition coefficient (Wildman–Crippen LogP) is 6.64. The maximum Gasteiger partial charge on any atom is 0.647 e. The normalized spacial score (nSPS) is 11.0. The first-order chi connectivity index (χ1) is 12.1. The summed E-state index contributed by atoms with van der Waals surface area (Å²) in [6.07, 6.45) is 0. The van der Waals surface area contributed by atoms with Crippen molar-refractivity contribution in [1.29, 1.82) is 0 Å². The van der Waals surface area contributed by atoms with Crippen LogP contribution < -0.4 is 13.6 Å². The average molecular weight is 395 g/mol. The number of hydrogen-bond acceptors (Lipinski definition) is 4. The Hall–Kier alpha value is -2.13. The minimum absolute atomic E-state index is 0.101. The molecule has 0 aliphatic heterocycles. The van der Waals surface area contributed by atoms with Gasteiger partial charge in [0.15, 0.2) is 5.75 Å². The molecule has 0 heterocycles. The van der Waals surface area contributed by atoms with E-state index in [4.69, 9.17) is 36.8 Å². The minimum Gasteiger partial charge on any atom is -0.386 e. The molecule has 0 aliphatic rings. The lowest BCUT2D eigenvalue weighted by atomic mass is 10.3. The highest BCUT2D eigenvalue weighted by Crippen LogP contribution is 2.51. The molecule has 0 bridgehead atoms. The van der Waals surface area contributed by atoms with Crippen LogP contribution in [0.5, 0.6) is 17.2 Å². The summed E-state index contributed by atoms with van der Waals surface area (Å²) in [7, 11) is -4.07. The highest BCUT2D eigenvalue weighted by Gasteiger charge is 2.34. The Bertz CT molecular complexity index is 843. The van der Waals surface area contributed by atoms with E-state index in [1.807, 2.05) is 12.1 Å². The highest BCUT2D eigenvalue weighted by molar-refractivity contribution is 7.49. The van der Waals surface area contributed by atoms with Gasteiger partial charge in [-0.3, -0.25) is 0 Å². The fourth-order valence-electron chi connectivity index (χ4n) is 1.95. The molecule has 3 rings (SSSR count). The first kappa shape index (κ1) is 17.7. The summed E-state index contributed by atoms with van der Waals surface area (Å²) >= 11 is 12.1. The Morgan fingerprint density at radius 2 is 1.16 bits per heavy atom. The number of halogens is 2. The zero-order valence-electron chi connectivity index (χ0n) is 12.8. The average Bonchev–Trinajstić information content (AvgIpc) is 2.60. The summed E-state index contributed by atoms with van der Waals surface area (Å²) in [5.74, 6) is 0.768. The summed E-state index contributed by atoms with van der Waals surface area (Å²) in [5.41, 5.74) is 0. The fraction of sp³-hybridized carbons (Fsp3) is 0. The molecule has 4 nitrogen and oxygen atoms in total. The van der Waals surface area contributed by atoms with Gasteiger partial charge in [-0.1, -0.05) is 65.7 Å². The molecule has 0 aliphatic carbocycles. The van der Waals surface area contributed by atoms with Crippen molar-refractivity contribution in [2.75, 3.05) is 0 Å². The summed E-state index contributed by atoms with van der Waals surface area (Å²) in [5, 5.41) is 0.392. The summed E-state index contributed by atoms with van der Waals surface area (Å²) < 4.78 is 29.8. The van der Waals surface area contributed by atoms with Gasteiger partial charge < -0.3 is 13.6 Å². The van der Waals surface area contributed by atoms with Crippen LogP contribution in [-0.4, -0.2) is 0 Å². The number of phosphoric ester groups is 1. The van der Waals surface area contributed by atoms with Crippen LogP contribution >= 0.6 is 31.0 Å². The third kappa shape index (κ3) is 4.70. The molecule has 0 N–H and O–H groups in total. The molecule has 0 unspecified atom stereocenters. The Kier molecular flexibility index (Phi) is 5.54. The minimum atomic E-state index is -4.07. The van der Waals surface area contributed by atoms with Crippen molar-refractivity contribution in [1.82, 2.24) is 0 Å². The van der Waals surface area contributed by atoms with Crippen molar-refractivity contribution in [2.24, 2.45) is 0 Å². The van der Waals surface area contributed by atoms with E-state index in [0.717, 1.165) is 0 Å². The smallest absolute Gasteiger partial charge is 0.386 e. The van der Waals surface area contributed by atoms with Gasteiger partial charge >= 0.3 is 7.82 Å². The van der Waals surface area contributed by atoms with Crippen molar-refractivity contribution < 1.29 is 18.1 Å². The van der Waals surface area contributed by atoms with Crippen LogP contribution in [0.1, 0.15) is 0 Å². The molecule has 0 aromatic heterocycles. The molecular formula is C18H13Cl2O4P. The van der Waals surface area contributed by atoms with Gasteiger partial charge in [-0.25, -0.2) is 0 Å². The van der Waals surface area contributed by atoms with Gasteiger partial charge in [0.1, 0.15) is 16.5 Å². The maximum atomic E-state index is 13.2. The van der Waals surface area contributed by atoms with Crippen LogP contribution in [0.3, 0.4) is 0 Å². The molecule has 0 atom stereocenters. The van der Waals surface area contributed by atoms with Crippen molar-refractivity contribution in [3.63, 3.8) is 0 Å². The molecule has 0 amide bonds. The molecule has 7 heteroatoms.